The highest BCUT2D eigenvalue weighted by Crippen LogP contribution is 2.37. The number of methoxy groups -OCH3 is 1. The van der Waals surface area contributed by atoms with Crippen LogP contribution >= 0.6 is 11.8 Å². The molecule has 1 saturated heterocycles. The highest BCUT2D eigenvalue weighted by atomic mass is 32.2. The number of nitrogen functional groups attached to an aromatic ring is 1. The molecule has 1 atom stereocenters. The Labute approximate surface area is 253 Å². The second-order valence-corrected chi connectivity index (χ2v) is 11.2. The van der Waals surface area contributed by atoms with Gasteiger partial charge in [-0.3, -0.25) is 0 Å². The molecule has 4 aromatic rings. The van der Waals surface area contributed by atoms with Crippen molar-refractivity contribution in [3.8, 4) is 34.7 Å². The van der Waals surface area contributed by atoms with Gasteiger partial charge in [-0.15, -0.1) is 0 Å². The molecule has 0 aliphatic carbocycles. The lowest BCUT2D eigenvalue weighted by Crippen LogP contribution is -2.21. The molecule has 0 radical (unpaired) electrons. The highest BCUT2D eigenvalue weighted by molar-refractivity contribution is 7.98. The van der Waals surface area contributed by atoms with Gasteiger partial charge in [0.2, 0.25) is 11.7 Å². The lowest BCUT2D eigenvalue weighted by molar-refractivity contribution is -0.138. The van der Waals surface area contributed by atoms with E-state index in [0.29, 0.717) is 34.0 Å². The number of nitriles is 2. The fourth-order valence-electron chi connectivity index (χ4n) is 4.80. The number of hydrogen-bond acceptors (Lipinski definition) is 11. The van der Waals surface area contributed by atoms with Crippen molar-refractivity contribution >= 4 is 23.5 Å². The number of ether oxygens (including phenoxy) is 3. The Morgan fingerprint density at radius 1 is 1.07 bits per heavy atom. The normalized spacial score (nSPS) is 15.5. The SMILES string of the molecule is COC(=O)c1oc(-c2ccccc2)nc1CSc1nc(N)c(C#N)c(-c2ccc(CC[C@H]3COC(C)(C)O3)cc2)c1C#N. The topological polar surface area (TPSA) is 157 Å². The number of nitrogens with two attached hydrogens (primary N) is 1. The van der Waals surface area contributed by atoms with Crippen LogP contribution in [0.15, 0.2) is 64.0 Å². The number of carbonyl (C=O) groups is 1. The summed E-state index contributed by atoms with van der Waals surface area (Å²) in [6.45, 7) is 4.36. The van der Waals surface area contributed by atoms with E-state index in [2.05, 4.69) is 22.1 Å². The molecule has 0 unspecified atom stereocenters. The summed E-state index contributed by atoms with van der Waals surface area (Å²) >= 11 is 1.16. The molecule has 1 fully saturated rings. The summed E-state index contributed by atoms with van der Waals surface area (Å²) < 4.78 is 22.2. The minimum absolute atomic E-state index is 0.00221. The fraction of sp³-hybridized carbons (Fsp3) is 0.281. The summed E-state index contributed by atoms with van der Waals surface area (Å²) in [5, 5.41) is 20.5. The zero-order valence-corrected chi connectivity index (χ0v) is 24.7. The first-order valence-corrected chi connectivity index (χ1v) is 14.5. The number of aromatic nitrogens is 2. The number of hydrogen-bond donors (Lipinski definition) is 1. The molecule has 2 N–H and O–H groups in total. The first kappa shape index (κ1) is 29.8. The lowest BCUT2D eigenvalue weighted by Gasteiger charge is -2.17. The number of oxazole rings is 1. The number of pyridine rings is 1. The third-order valence-corrected chi connectivity index (χ3v) is 7.90. The summed E-state index contributed by atoms with van der Waals surface area (Å²) in [7, 11) is 1.26. The molecule has 0 amide bonds. The Hall–Kier alpha value is -4.68. The first-order chi connectivity index (χ1) is 20.7. The molecule has 2 aromatic carbocycles. The van der Waals surface area contributed by atoms with Gasteiger partial charge in [-0.2, -0.15) is 10.5 Å². The van der Waals surface area contributed by atoms with Crippen LogP contribution in [0, 0.1) is 22.7 Å². The van der Waals surface area contributed by atoms with Gasteiger partial charge < -0.3 is 24.4 Å². The number of benzene rings is 2. The van der Waals surface area contributed by atoms with Crippen LogP contribution in [0.3, 0.4) is 0 Å². The molecule has 0 bridgehead atoms. The third-order valence-electron chi connectivity index (χ3n) is 6.91. The van der Waals surface area contributed by atoms with Crippen molar-refractivity contribution in [1.29, 1.82) is 10.5 Å². The molecule has 1 aliphatic rings. The van der Waals surface area contributed by atoms with Crippen LogP contribution in [0.4, 0.5) is 5.82 Å². The predicted octanol–water partition coefficient (Wildman–Crippen LogP) is 5.89. The Morgan fingerprint density at radius 2 is 1.79 bits per heavy atom. The number of anilines is 1. The van der Waals surface area contributed by atoms with Crippen LogP contribution in [-0.2, 0) is 26.4 Å². The van der Waals surface area contributed by atoms with E-state index in [1.807, 2.05) is 68.4 Å². The maximum Gasteiger partial charge on any atom is 0.376 e. The van der Waals surface area contributed by atoms with Crippen molar-refractivity contribution in [3.05, 3.63) is 82.7 Å². The molecule has 218 valence electrons. The van der Waals surface area contributed by atoms with E-state index in [9.17, 15) is 15.3 Å². The highest BCUT2D eigenvalue weighted by Gasteiger charge is 2.32. The van der Waals surface area contributed by atoms with Crippen molar-refractivity contribution < 1.29 is 23.4 Å². The van der Waals surface area contributed by atoms with Gasteiger partial charge >= 0.3 is 5.97 Å². The van der Waals surface area contributed by atoms with Gasteiger partial charge in [0.25, 0.3) is 0 Å². The molecule has 10 nitrogen and oxygen atoms in total. The van der Waals surface area contributed by atoms with Gasteiger partial charge in [0.15, 0.2) is 5.79 Å². The molecule has 0 saturated carbocycles. The number of carbonyl (C=O) groups excluding carboxylic acids is 1. The van der Waals surface area contributed by atoms with Gasteiger partial charge in [-0.1, -0.05) is 54.2 Å². The monoisotopic (exact) mass is 595 g/mol. The fourth-order valence-corrected chi connectivity index (χ4v) is 5.73. The molecule has 2 aromatic heterocycles. The lowest BCUT2D eigenvalue weighted by atomic mass is 9.95. The van der Waals surface area contributed by atoms with E-state index in [1.165, 1.54) is 7.11 Å². The summed E-state index contributed by atoms with van der Waals surface area (Å²) in [5.74, 6) is -0.873. The summed E-state index contributed by atoms with van der Waals surface area (Å²) in [6.07, 6.45) is 1.61. The van der Waals surface area contributed by atoms with Crippen LogP contribution in [0.25, 0.3) is 22.6 Å². The van der Waals surface area contributed by atoms with Crippen LogP contribution < -0.4 is 5.73 Å². The van der Waals surface area contributed by atoms with Gasteiger partial charge in [0.05, 0.1) is 25.4 Å². The molecular formula is C32H29N5O5S. The first-order valence-electron chi connectivity index (χ1n) is 13.5. The smallest absolute Gasteiger partial charge is 0.376 e. The Morgan fingerprint density at radius 3 is 2.42 bits per heavy atom. The number of thioether (sulfide) groups is 1. The number of rotatable bonds is 9. The second kappa shape index (κ2) is 12.7. The van der Waals surface area contributed by atoms with E-state index < -0.39 is 11.8 Å². The van der Waals surface area contributed by atoms with Gasteiger partial charge in [-0.05, 0) is 49.9 Å². The maximum atomic E-state index is 12.5. The van der Waals surface area contributed by atoms with Crippen LogP contribution in [0.2, 0.25) is 0 Å². The van der Waals surface area contributed by atoms with Crippen LogP contribution in [0.1, 0.15) is 53.2 Å². The van der Waals surface area contributed by atoms with E-state index in [1.54, 1.807) is 0 Å². The number of nitrogens with zero attached hydrogens (tertiary/aromatic N) is 4. The average molecular weight is 596 g/mol. The number of esters is 1. The van der Waals surface area contributed by atoms with E-state index in [0.717, 1.165) is 30.2 Å². The van der Waals surface area contributed by atoms with Gasteiger partial charge in [0, 0.05) is 16.9 Å². The number of aryl methyl sites for hydroxylation is 1. The maximum absolute atomic E-state index is 12.5. The summed E-state index contributed by atoms with van der Waals surface area (Å²) in [5.41, 5.74) is 9.72. The average Bonchev–Trinajstić information content (AvgIpc) is 3.61. The summed E-state index contributed by atoms with van der Waals surface area (Å²) in [4.78, 5) is 21.4. The molecule has 3 heterocycles. The van der Waals surface area contributed by atoms with Crippen LogP contribution in [-0.4, -0.2) is 41.5 Å². The molecule has 43 heavy (non-hydrogen) atoms. The Bertz CT molecular complexity index is 1720. The van der Waals surface area contributed by atoms with Gasteiger partial charge in [-0.25, -0.2) is 14.8 Å². The van der Waals surface area contributed by atoms with E-state index in [-0.39, 0.29) is 40.5 Å². The van der Waals surface area contributed by atoms with Gasteiger partial charge in [0.1, 0.15) is 34.2 Å². The van der Waals surface area contributed by atoms with Crippen LogP contribution in [0.5, 0.6) is 0 Å². The molecule has 1 aliphatic heterocycles. The Balaban J connectivity index is 1.42. The molecule has 5 rings (SSSR count). The molecule has 11 heteroatoms. The predicted molar refractivity (Wildman–Crippen MR) is 160 cm³/mol. The second-order valence-electron chi connectivity index (χ2n) is 10.3. The molecule has 0 spiro atoms. The quantitative estimate of drug-likeness (QED) is 0.182. The standard InChI is InChI=1S/C32H29N5O5S/c1-32(2)40-17-22(42-32)14-11-19-9-12-20(13-10-19)26-23(15-33)28(35)37-30(24(26)16-34)43-18-25-27(31(38)39-3)41-29(36-25)21-7-5-4-6-8-21/h4-10,12-13,22H,11,14,17-18H2,1-3H3,(H2,35,37)/t22-/m0/s1. The summed E-state index contributed by atoms with van der Waals surface area (Å²) in [6, 6.07) is 21.1. The zero-order chi connectivity index (χ0) is 30.6. The molecular weight excluding hydrogens is 566 g/mol. The van der Waals surface area contributed by atoms with Crippen molar-refractivity contribution in [2.45, 2.75) is 49.4 Å². The van der Waals surface area contributed by atoms with E-state index in [4.69, 9.17) is 24.4 Å². The Kier molecular flexibility index (Phi) is 8.78. The van der Waals surface area contributed by atoms with Crippen molar-refractivity contribution in [2.24, 2.45) is 0 Å². The van der Waals surface area contributed by atoms with E-state index >= 15 is 0 Å². The van der Waals surface area contributed by atoms with Crippen molar-refractivity contribution in [3.63, 3.8) is 0 Å². The minimum atomic E-state index is -0.672. The minimum Gasteiger partial charge on any atom is -0.463 e. The third kappa shape index (κ3) is 6.55. The largest absolute Gasteiger partial charge is 0.463 e. The zero-order valence-electron chi connectivity index (χ0n) is 23.9. The van der Waals surface area contributed by atoms with Crippen molar-refractivity contribution in [1.82, 2.24) is 9.97 Å². The van der Waals surface area contributed by atoms with Crippen molar-refractivity contribution in [2.75, 3.05) is 19.5 Å².